The van der Waals surface area contributed by atoms with Crippen LogP contribution in [-0.2, 0) is 4.79 Å². The Kier molecular flexibility index (Phi) is 3.76. The number of hydrogen-bond acceptors (Lipinski definition) is 4. The summed E-state index contributed by atoms with van der Waals surface area (Å²) in [5.74, 6) is -0.827. The van der Waals surface area contributed by atoms with E-state index >= 15 is 0 Å². The van der Waals surface area contributed by atoms with Gasteiger partial charge >= 0.3 is 0 Å². The fourth-order valence-corrected chi connectivity index (χ4v) is 2.92. The molecule has 5 nitrogen and oxygen atoms in total. The molecule has 1 saturated heterocycles. The van der Waals surface area contributed by atoms with Crippen molar-refractivity contribution in [2.24, 2.45) is 0 Å². The molecule has 1 unspecified atom stereocenters. The molecule has 1 aliphatic rings. The lowest BCUT2D eigenvalue weighted by Crippen LogP contribution is -2.25. The SMILES string of the molecule is O=C1CC(c2noc(-c3cccc(F)c3)n2)CN1c1ccccc1F. The third kappa shape index (κ3) is 2.88. The fourth-order valence-electron chi connectivity index (χ4n) is 2.92. The third-order valence-corrected chi connectivity index (χ3v) is 4.15. The minimum Gasteiger partial charge on any atom is -0.334 e. The molecule has 0 aliphatic carbocycles. The Balaban J connectivity index is 1.58. The molecule has 1 amide bonds. The van der Waals surface area contributed by atoms with Crippen molar-refractivity contribution in [3.05, 3.63) is 66.0 Å². The van der Waals surface area contributed by atoms with Gasteiger partial charge in [-0.2, -0.15) is 4.98 Å². The average molecular weight is 341 g/mol. The first-order chi connectivity index (χ1) is 12.1. The van der Waals surface area contributed by atoms with E-state index in [1.165, 1.54) is 23.1 Å². The monoisotopic (exact) mass is 341 g/mol. The molecular formula is C18H13F2N3O2. The molecule has 126 valence electrons. The van der Waals surface area contributed by atoms with E-state index in [9.17, 15) is 13.6 Å². The van der Waals surface area contributed by atoms with Crippen molar-refractivity contribution in [3.63, 3.8) is 0 Å². The van der Waals surface area contributed by atoms with Crippen LogP contribution in [0.15, 0.2) is 53.1 Å². The Hall–Kier alpha value is -3.09. The Morgan fingerprint density at radius 3 is 2.76 bits per heavy atom. The molecule has 0 radical (unpaired) electrons. The maximum Gasteiger partial charge on any atom is 0.258 e. The summed E-state index contributed by atoms with van der Waals surface area (Å²) >= 11 is 0. The standard InChI is InChI=1S/C18H13F2N3O2/c19-13-5-3-4-11(8-13)18-21-17(22-25-18)12-9-16(24)23(10-12)15-7-2-1-6-14(15)20/h1-8,12H,9-10H2. The van der Waals surface area contributed by atoms with E-state index in [2.05, 4.69) is 10.1 Å². The highest BCUT2D eigenvalue weighted by Gasteiger charge is 2.35. The number of para-hydroxylation sites is 1. The molecule has 1 aliphatic heterocycles. The minimum atomic E-state index is -0.454. The van der Waals surface area contributed by atoms with Gasteiger partial charge in [-0.1, -0.05) is 23.4 Å². The molecule has 1 atom stereocenters. The van der Waals surface area contributed by atoms with Gasteiger partial charge in [-0.25, -0.2) is 8.78 Å². The zero-order valence-electron chi connectivity index (χ0n) is 13.0. The highest BCUT2D eigenvalue weighted by atomic mass is 19.1. The predicted octanol–water partition coefficient (Wildman–Crippen LogP) is 3.54. The highest BCUT2D eigenvalue weighted by molar-refractivity contribution is 5.96. The molecule has 0 spiro atoms. The van der Waals surface area contributed by atoms with Crippen LogP contribution in [0.25, 0.3) is 11.5 Å². The number of anilines is 1. The molecule has 1 aromatic heterocycles. The van der Waals surface area contributed by atoms with Crippen LogP contribution in [0.1, 0.15) is 18.2 Å². The summed E-state index contributed by atoms with van der Waals surface area (Å²) in [7, 11) is 0. The normalized spacial score (nSPS) is 17.3. The Morgan fingerprint density at radius 1 is 1.12 bits per heavy atom. The van der Waals surface area contributed by atoms with Gasteiger partial charge < -0.3 is 9.42 Å². The minimum absolute atomic E-state index is 0.163. The topological polar surface area (TPSA) is 59.2 Å². The van der Waals surface area contributed by atoms with Gasteiger partial charge in [-0.05, 0) is 30.3 Å². The summed E-state index contributed by atoms with van der Waals surface area (Å²) < 4.78 is 32.4. The van der Waals surface area contributed by atoms with Crippen molar-refractivity contribution >= 4 is 11.6 Å². The number of carbonyl (C=O) groups is 1. The smallest absolute Gasteiger partial charge is 0.258 e. The van der Waals surface area contributed by atoms with Gasteiger partial charge in [-0.15, -0.1) is 0 Å². The molecule has 4 rings (SSSR count). The number of halogens is 2. The van der Waals surface area contributed by atoms with E-state index in [1.807, 2.05) is 0 Å². The molecule has 0 N–H and O–H groups in total. The predicted molar refractivity (Wildman–Crippen MR) is 85.8 cm³/mol. The van der Waals surface area contributed by atoms with E-state index in [1.54, 1.807) is 30.3 Å². The third-order valence-electron chi connectivity index (χ3n) is 4.15. The quantitative estimate of drug-likeness (QED) is 0.731. The van der Waals surface area contributed by atoms with Gasteiger partial charge in [0.05, 0.1) is 5.69 Å². The number of aromatic nitrogens is 2. The first kappa shape index (κ1) is 15.4. The summed E-state index contributed by atoms with van der Waals surface area (Å²) in [6, 6.07) is 11.9. The number of benzene rings is 2. The van der Waals surface area contributed by atoms with E-state index in [-0.39, 0.29) is 36.4 Å². The Labute approximate surface area is 141 Å². The van der Waals surface area contributed by atoms with Crippen LogP contribution >= 0.6 is 0 Å². The molecule has 7 heteroatoms. The summed E-state index contributed by atoms with van der Waals surface area (Å²) in [6.45, 7) is 0.266. The average Bonchev–Trinajstić information content (AvgIpc) is 3.22. The van der Waals surface area contributed by atoms with Crippen molar-refractivity contribution in [1.82, 2.24) is 10.1 Å². The molecule has 2 heterocycles. The van der Waals surface area contributed by atoms with E-state index in [0.717, 1.165) is 0 Å². The Bertz CT molecular complexity index is 941. The lowest BCUT2D eigenvalue weighted by molar-refractivity contribution is -0.117. The number of carbonyl (C=O) groups excluding carboxylic acids is 1. The fraction of sp³-hybridized carbons (Fsp3) is 0.167. The van der Waals surface area contributed by atoms with Crippen molar-refractivity contribution in [1.29, 1.82) is 0 Å². The number of hydrogen-bond donors (Lipinski definition) is 0. The van der Waals surface area contributed by atoms with Gasteiger partial charge in [0, 0.05) is 24.4 Å². The van der Waals surface area contributed by atoms with Crippen molar-refractivity contribution in [3.8, 4) is 11.5 Å². The maximum atomic E-state index is 13.9. The lowest BCUT2D eigenvalue weighted by Gasteiger charge is -2.16. The molecule has 25 heavy (non-hydrogen) atoms. The van der Waals surface area contributed by atoms with Crippen LogP contribution < -0.4 is 4.90 Å². The molecular weight excluding hydrogens is 328 g/mol. The van der Waals surface area contributed by atoms with Gasteiger partial charge in [0.1, 0.15) is 11.6 Å². The maximum absolute atomic E-state index is 13.9. The summed E-state index contributed by atoms with van der Waals surface area (Å²) in [5, 5.41) is 3.91. The number of amides is 1. The zero-order chi connectivity index (χ0) is 17.4. The van der Waals surface area contributed by atoms with Crippen LogP contribution in [0.4, 0.5) is 14.5 Å². The highest BCUT2D eigenvalue weighted by Crippen LogP contribution is 2.32. The van der Waals surface area contributed by atoms with Crippen molar-refractivity contribution < 1.29 is 18.1 Å². The van der Waals surface area contributed by atoms with Gasteiger partial charge in [0.25, 0.3) is 5.89 Å². The van der Waals surface area contributed by atoms with Crippen LogP contribution in [0.2, 0.25) is 0 Å². The zero-order valence-corrected chi connectivity index (χ0v) is 13.0. The van der Waals surface area contributed by atoms with Crippen LogP contribution in [-0.4, -0.2) is 22.6 Å². The second kappa shape index (κ2) is 6.08. The number of nitrogens with zero attached hydrogens (tertiary/aromatic N) is 3. The van der Waals surface area contributed by atoms with Crippen LogP contribution in [0.5, 0.6) is 0 Å². The first-order valence-corrected chi connectivity index (χ1v) is 7.76. The second-order valence-electron chi connectivity index (χ2n) is 5.82. The summed E-state index contributed by atoms with van der Waals surface area (Å²) in [5.41, 5.74) is 0.706. The largest absolute Gasteiger partial charge is 0.334 e. The second-order valence-corrected chi connectivity index (χ2v) is 5.82. The summed E-state index contributed by atoms with van der Waals surface area (Å²) in [4.78, 5) is 17.9. The number of rotatable bonds is 3. The van der Waals surface area contributed by atoms with Crippen LogP contribution in [0.3, 0.4) is 0 Å². The van der Waals surface area contributed by atoms with E-state index in [0.29, 0.717) is 11.4 Å². The first-order valence-electron chi connectivity index (χ1n) is 7.76. The van der Waals surface area contributed by atoms with Gasteiger partial charge in [0.15, 0.2) is 5.82 Å². The Morgan fingerprint density at radius 2 is 1.96 bits per heavy atom. The van der Waals surface area contributed by atoms with Crippen molar-refractivity contribution in [2.75, 3.05) is 11.4 Å². The van der Waals surface area contributed by atoms with Crippen molar-refractivity contribution in [2.45, 2.75) is 12.3 Å². The van der Waals surface area contributed by atoms with E-state index < -0.39 is 11.6 Å². The van der Waals surface area contributed by atoms with Crippen LogP contribution in [0, 0.1) is 11.6 Å². The summed E-state index contributed by atoms with van der Waals surface area (Å²) in [6.07, 6.45) is 0.163. The van der Waals surface area contributed by atoms with Gasteiger partial charge in [0.2, 0.25) is 5.91 Å². The lowest BCUT2D eigenvalue weighted by atomic mass is 10.1. The molecule has 0 bridgehead atoms. The molecule has 3 aromatic rings. The molecule has 1 fully saturated rings. The van der Waals surface area contributed by atoms with E-state index in [4.69, 9.17) is 4.52 Å². The molecule has 0 saturated carbocycles. The van der Waals surface area contributed by atoms with Gasteiger partial charge in [-0.3, -0.25) is 4.79 Å². The molecule has 2 aromatic carbocycles.